The van der Waals surface area contributed by atoms with Crippen molar-refractivity contribution in [3.05, 3.63) is 29.8 Å². The maximum Gasteiger partial charge on any atom is 0.0784 e. The fourth-order valence-corrected chi connectivity index (χ4v) is 5.16. The van der Waals surface area contributed by atoms with Gasteiger partial charge >= 0.3 is 0 Å². The van der Waals surface area contributed by atoms with Crippen molar-refractivity contribution in [1.82, 2.24) is 0 Å². The van der Waals surface area contributed by atoms with E-state index >= 15 is 0 Å². The molecule has 3 aliphatic rings. The van der Waals surface area contributed by atoms with Gasteiger partial charge in [-0.05, 0) is 44.2 Å². The monoisotopic (exact) mass is 221 g/mol. The molecule has 0 spiro atoms. The van der Waals surface area contributed by atoms with E-state index in [1.807, 2.05) is 31.2 Å². The van der Waals surface area contributed by atoms with E-state index in [1.165, 1.54) is 0 Å². The Morgan fingerprint density at radius 1 is 1.27 bits per heavy atom. The Morgan fingerprint density at radius 2 is 1.80 bits per heavy atom. The smallest absolute Gasteiger partial charge is 0.0784 e. The molecule has 1 unspecified atom stereocenters. The fraction of sp³-hybridized carbons (Fsp3) is 0.500. The van der Waals surface area contributed by atoms with E-state index < -0.39 is 9.73 Å². The molecule has 3 fully saturated rings. The van der Waals surface area contributed by atoms with Gasteiger partial charge in [0, 0.05) is 4.90 Å². The van der Waals surface area contributed by atoms with E-state index in [4.69, 9.17) is 4.78 Å². The lowest BCUT2D eigenvalue weighted by Gasteiger charge is -2.61. The third-order valence-electron chi connectivity index (χ3n) is 3.94. The lowest BCUT2D eigenvalue weighted by molar-refractivity contribution is 0.0512. The molecule has 1 N–H and O–H groups in total. The second kappa shape index (κ2) is 2.64. The topological polar surface area (TPSA) is 40.9 Å². The second-order valence-electron chi connectivity index (χ2n) is 5.03. The summed E-state index contributed by atoms with van der Waals surface area (Å²) in [5, 5.41) is 0. The van der Waals surface area contributed by atoms with Crippen LogP contribution in [-0.4, -0.2) is 8.96 Å². The maximum atomic E-state index is 12.5. The van der Waals surface area contributed by atoms with Crippen molar-refractivity contribution in [2.45, 2.75) is 35.8 Å². The summed E-state index contributed by atoms with van der Waals surface area (Å²) >= 11 is 0. The normalized spacial score (nSPS) is 36.2. The predicted octanol–water partition coefficient (Wildman–Crippen LogP) is 2.95. The number of hydrogen-bond donors (Lipinski definition) is 1. The van der Waals surface area contributed by atoms with Crippen LogP contribution in [0.15, 0.2) is 29.2 Å². The number of hydrogen-bond acceptors (Lipinski definition) is 2. The molecule has 3 aliphatic carbocycles. The molecule has 1 aromatic carbocycles. The lowest BCUT2D eigenvalue weighted by atomic mass is 9.55. The van der Waals surface area contributed by atoms with Crippen LogP contribution in [0.5, 0.6) is 0 Å². The van der Waals surface area contributed by atoms with E-state index in [1.54, 1.807) is 0 Å². The van der Waals surface area contributed by atoms with Crippen LogP contribution >= 0.6 is 0 Å². The number of benzene rings is 1. The van der Waals surface area contributed by atoms with Crippen molar-refractivity contribution in [1.29, 1.82) is 4.78 Å². The van der Waals surface area contributed by atoms with E-state index in [0.29, 0.717) is 0 Å². The van der Waals surface area contributed by atoms with Gasteiger partial charge in [0.05, 0.1) is 14.5 Å². The molecular formula is C12H15NOS. The van der Waals surface area contributed by atoms with Gasteiger partial charge in [-0.3, -0.25) is 0 Å². The van der Waals surface area contributed by atoms with E-state index in [2.05, 4.69) is 0 Å². The van der Waals surface area contributed by atoms with E-state index in [-0.39, 0.29) is 4.75 Å². The maximum absolute atomic E-state index is 12.5. The lowest BCUT2D eigenvalue weighted by Crippen LogP contribution is -2.62. The van der Waals surface area contributed by atoms with Crippen molar-refractivity contribution >= 4 is 9.73 Å². The van der Waals surface area contributed by atoms with Crippen molar-refractivity contribution < 1.29 is 4.21 Å². The summed E-state index contributed by atoms with van der Waals surface area (Å²) in [7, 11) is -2.55. The quantitative estimate of drug-likeness (QED) is 0.819. The first kappa shape index (κ1) is 9.40. The molecule has 0 aliphatic heterocycles. The minimum absolute atomic E-state index is 0.146. The Labute approximate surface area is 90.7 Å². The van der Waals surface area contributed by atoms with Crippen molar-refractivity contribution in [3.63, 3.8) is 0 Å². The van der Waals surface area contributed by atoms with Crippen LogP contribution in [0.3, 0.4) is 0 Å². The van der Waals surface area contributed by atoms with Gasteiger partial charge in [-0.15, -0.1) is 0 Å². The van der Waals surface area contributed by atoms with E-state index in [9.17, 15) is 4.21 Å². The minimum atomic E-state index is -2.55. The standard InChI is InChI=1S/C12H15NOS/c1-9-2-4-11(5-3-9)15(13,14)12-6-10(7-12)8-12/h2-5,10,13H,6-8H2,1H3. The minimum Gasteiger partial charge on any atom is -0.248 e. The zero-order valence-electron chi connectivity index (χ0n) is 8.82. The van der Waals surface area contributed by atoms with Gasteiger partial charge < -0.3 is 0 Å². The first-order valence-corrected chi connectivity index (χ1v) is 6.94. The van der Waals surface area contributed by atoms with Crippen LogP contribution in [0.2, 0.25) is 0 Å². The number of rotatable bonds is 2. The van der Waals surface area contributed by atoms with Crippen molar-refractivity contribution in [2.75, 3.05) is 0 Å². The summed E-state index contributed by atoms with van der Waals surface area (Å²) in [6, 6.07) is 7.64. The van der Waals surface area contributed by atoms with Crippen LogP contribution in [0.4, 0.5) is 0 Å². The van der Waals surface area contributed by atoms with Gasteiger partial charge in [0.2, 0.25) is 0 Å². The Kier molecular flexibility index (Phi) is 1.66. The first-order chi connectivity index (χ1) is 7.03. The van der Waals surface area contributed by atoms with Crippen LogP contribution in [0.25, 0.3) is 0 Å². The average molecular weight is 221 g/mol. The Morgan fingerprint density at radius 3 is 2.20 bits per heavy atom. The summed E-state index contributed by atoms with van der Waals surface area (Å²) in [4.78, 5) is 0.728. The summed E-state index contributed by atoms with van der Waals surface area (Å²) in [6.07, 6.45) is 3.05. The molecule has 1 atom stereocenters. The molecule has 0 radical (unpaired) electrons. The zero-order chi connectivity index (χ0) is 10.7. The Hall–Kier alpha value is -0.830. The van der Waals surface area contributed by atoms with Gasteiger partial charge in [0.25, 0.3) is 0 Å². The molecule has 3 heteroatoms. The summed E-state index contributed by atoms with van der Waals surface area (Å²) in [6.45, 7) is 2.01. The molecule has 0 amide bonds. The van der Waals surface area contributed by atoms with Crippen LogP contribution in [-0.2, 0) is 9.73 Å². The second-order valence-corrected chi connectivity index (χ2v) is 7.48. The number of nitrogens with one attached hydrogen (secondary N) is 1. The van der Waals surface area contributed by atoms with Gasteiger partial charge in [-0.1, -0.05) is 17.7 Å². The van der Waals surface area contributed by atoms with Crippen molar-refractivity contribution in [3.8, 4) is 0 Å². The van der Waals surface area contributed by atoms with Gasteiger partial charge in [-0.25, -0.2) is 8.99 Å². The molecule has 15 heavy (non-hydrogen) atoms. The average Bonchev–Trinajstić information content (AvgIpc) is 1.97. The molecule has 3 saturated carbocycles. The van der Waals surface area contributed by atoms with Gasteiger partial charge in [0.15, 0.2) is 0 Å². The van der Waals surface area contributed by atoms with Crippen LogP contribution < -0.4 is 0 Å². The highest BCUT2D eigenvalue weighted by molar-refractivity contribution is 7.94. The molecule has 80 valence electrons. The molecule has 4 rings (SSSR count). The summed E-state index contributed by atoms with van der Waals surface area (Å²) in [5.41, 5.74) is 1.16. The molecular weight excluding hydrogens is 206 g/mol. The number of aryl methyl sites for hydroxylation is 1. The highest BCUT2D eigenvalue weighted by Gasteiger charge is 2.62. The predicted molar refractivity (Wildman–Crippen MR) is 60.4 cm³/mol. The van der Waals surface area contributed by atoms with E-state index in [0.717, 1.165) is 35.6 Å². The Bertz CT molecular complexity index is 484. The molecule has 1 aromatic rings. The highest BCUT2D eigenvalue weighted by Crippen LogP contribution is 2.63. The highest BCUT2D eigenvalue weighted by atomic mass is 32.2. The largest absolute Gasteiger partial charge is 0.248 e. The zero-order valence-corrected chi connectivity index (χ0v) is 9.64. The fourth-order valence-electron chi connectivity index (χ4n) is 2.73. The van der Waals surface area contributed by atoms with Crippen molar-refractivity contribution in [2.24, 2.45) is 5.92 Å². The Balaban J connectivity index is 2.02. The first-order valence-electron chi connectivity index (χ1n) is 5.39. The third-order valence-corrected chi connectivity index (χ3v) is 6.60. The van der Waals surface area contributed by atoms with Crippen LogP contribution in [0.1, 0.15) is 24.8 Å². The summed E-state index contributed by atoms with van der Waals surface area (Å²) in [5.74, 6) is 0.779. The molecule has 2 bridgehead atoms. The van der Waals surface area contributed by atoms with Crippen LogP contribution in [0, 0.1) is 17.6 Å². The molecule has 0 saturated heterocycles. The van der Waals surface area contributed by atoms with Gasteiger partial charge in [0.1, 0.15) is 0 Å². The van der Waals surface area contributed by atoms with Gasteiger partial charge in [-0.2, -0.15) is 0 Å². The SMILES string of the molecule is Cc1ccc(S(=N)(=O)C23CC(C2)C3)cc1. The molecule has 0 aromatic heterocycles. The third kappa shape index (κ3) is 1.07. The molecule has 0 heterocycles. The molecule has 2 nitrogen and oxygen atoms in total. The summed E-state index contributed by atoms with van der Waals surface area (Å²) < 4.78 is 20.5.